The van der Waals surface area contributed by atoms with Crippen LogP contribution in [0.1, 0.15) is 11.3 Å². The number of imidazole rings is 2. The summed E-state index contributed by atoms with van der Waals surface area (Å²) >= 11 is 3.63. The number of nitrogens with zero attached hydrogens (tertiary/aromatic N) is 2. The summed E-state index contributed by atoms with van der Waals surface area (Å²) in [7, 11) is 1.93. The lowest BCUT2D eigenvalue weighted by molar-refractivity contribution is 0.793. The fourth-order valence-electron chi connectivity index (χ4n) is 2.08. The SMILES string of the molecule is CNCc1[nH]c2nc3ccc(C)cc3n2c1Br. The van der Waals surface area contributed by atoms with Crippen molar-refractivity contribution in [2.75, 3.05) is 7.05 Å². The van der Waals surface area contributed by atoms with E-state index in [9.17, 15) is 0 Å². The van der Waals surface area contributed by atoms with Crippen LogP contribution in [0, 0.1) is 6.92 Å². The topological polar surface area (TPSA) is 45.1 Å². The van der Waals surface area contributed by atoms with E-state index in [1.165, 1.54) is 5.56 Å². The van der Waals surface area contributed by atoms with Crippen molar-refractivity contribution >= 4 is 32.7 Å². The smallest absolute Gasteiger partial charge is 0.213 e. The minimum atomic E-state index is 0.789. The van der Waals surface area contributed by atoms with Gasteiger partial charge in [0.25, 0.3) is 0 Å². The van der Waals surface area contributed by atoms with Crippen molar-refractivity contribution < 1.29 is 0 Å². The summed E-state index contributed by atoms with van der Waals surface area (Å²) in [4.78, 5) is 7.89. The van der Waals surface area contributed by atoms with E-state index in [-0.39, 0.29) is 0 Å². The highest BCUT2D eigenvalue weighted by Gasteiger charge is 2.13. The number of nitrogens with one attached hydrogen (secondary N) is 2. The Bertz CT molecular complexity index is 695. The fraction of sp³-hybridized carbons (Fsp3) is 0.250. The molecule has 3 aromatic rings. The van der Waals surface area contributed by atoms with Crippen LogP contribution < -0.4 is 5.32 Å². The number of aryl methyl sites for hydroxylation is 1. The Hall–Kier alpha value is -1.33. The fourth-order valence-corrected chi connectivity index (χ4v) is 2.68. The maximum absolute atomic E-state index is 4.57. The van der Waals surface area contributed by atoms with Gasteiger partial charge in [-0.25, -0.2) is 4.98 Å². The number of H-pyrrole nitrogens is 1. The molecular weight excluding hydrogens is 280 g/mol. The molecular formula is C12H13BrN4. The van der Waals surface area contributed by atoms with Gasteiger partial charge in [-0.3, -0.25) is 4.40 Å². The van der Waals surface area contributed by atoms with Crippen LogP contribution in [0.25, 0.3) is 16.8 Å². The zero-order valence-corrected chi connectivity index (χ0v) is 11.3. The normalized spacial score (nSPS) is 11.7. The van der Waals surface area contributed by atoms with Crippen LogP contribution in [-0.4, -0.2) is 21.4 Å². The van der Waals surface area contributed by atoms with Gasteiger partial charge < -0.3 is 10.3 Å². The van der Waals surface area contributed by atoms with Crippen LogP contribution in [0.15, 0.2) is 22.8 Å². The average Bonchev–Trinajstić information content (AvgIpc) is 2.78. The van der Waals surface area contributed by atoms with E-state index in [4.69, 9.17) is 0 Å². The van der Waals surface area contributed by atoms with Crippen LogP contribution in [-0.2, 0) is 6.54 Å². The highest BCUT2D eigenvalue weighted by atomic mass is 79.9. The van der Waals surface area contributed by atoms with Gasteiger partial charge in [0.15, 0.2) is 0 Å². The molecule has 88 valence electrons. The number of aromatic nitrogens is 3. The molecule has 2 aromatic heterocycles. The summed E-state index contributed by atoms with van der Waals surface area (Å²) in [6, 6.07) is 6.28. The molecule has 0 aliphatic carbocycles. The number of benzene rings is 1. The first-order valence-electron chi connectivity index (χ1n) is 5.50. The number of hydrogen-bond acceptors (Lipinski definition) is 2. The van der Waals surface area contributed by atoms with Gasteiger partial charge in [0.05, 0.1) is 16.7 Å². The van der Waals surface area contributed by atoms with Gasteiger partial charge in [-0.1, -0.05) is 6.07 Å². The predicted molar refractivity (Wildman–Crippen MR) is 72.2 cm³/mol. The molecule has 0 atom stereocenters. The molecule has 17 heavy (non-hydrogen) atoms. The van der Waals surface area contributed by atoms with Crippen molar-refractivity contribution in [1.29, 1.82) is 0 Å². The van der Waals surface area contributed by atoms with Gasteiger partial charge in [0, 0.05) is 6.54 Å². The van der Waals surface area contributed by atoms with E-state index in [2.05, 4.69) is 60.7 Å². The summed E-state index contributed by atoms with van der Waals surface area (Å²) in [5, 5.41) is 3.13. The molecule has 0 saturated heterocycles. The van der Waals surface area contributed by atoms with Gasteiger partial charge in [-0.05, 0) is 47.6 Å². The van der Waals surface area contributed by atoms with Crippen molar-refractivity contribution in [3.8, 4) is 0 Å². The van der Waals surface area contributed by atoms with Crippen molar-refractivity contribution in [1.82, 2.24) is 19.7 Å². The third-order valence-electron chi connectivity index (χ3n) is 2.87. The summed E-state index contributed by atoms with van der Waals surface area (Å²) < 4.78 is 3.14. The summed E-state index contributed by atoms with van der Waals surface area (Å²) in [6.07, 6.45) is 0. The van der Waals surface area contributed by atoms with Crippen LogP contribution >= 0.6 is 15.9 Å². The molecule has 0 unspecified atom stereocenters. The quantitative estimate of drug-likeness (QED) is 0.763. The predicted octanol–water partition coefficient (Wildman–Crippen LogP) is 2.61. The van der Waals surface area contributed by atoms with E-state index in [0.29, 0.717) is 0 Å². The second-order valence-electron chi connectivity index (χ2n) is 4.19. The first kappa shape index (κ1) is 10.8. The lowest BCUT2D eigenvalue weighted by Gasteiger charge is -1.98. The Morgan fingerprint density at radius 3 is 3.06 bits per heavy atom. The van der Waals surface area contributed by atoms with Crippen molar-refractivity contribution in [3.63, 3.8) is 0 Å². The van der Waals surface area contributed by atoms with E-state index in [1.54, 1.807) is 0 Å². The van der Waals surface area contributed by atoms with Gasteiger partial charge in [-0.2, -0.15) is 0 Å². The molecule has 0 radical (unpaired) electrons. The summed E-state index contributed by atoms with van der Waals surface area (Å²) in [5.41, 5.74) is 4.49. The third-order valence-corrected chi connectivity index (χ3v) is 3.70. The molecule has 0 bridgehead atoms. The molecule has 0 spiro atoms. The van der Waals surface area contributed by atoms with Crippen LogP contribution in [0.3, 0.4) is 0 Å². The second kappa shape index (κ2) is 3.85. The molecule has 4 nitrogen and oxygen atoms in total. The molecule has 3 rings (SSSR count). The number of fused-ring (bicyclic) bond motifs is 3. The number of hydrogen-bond donors (Lipinski definition) is 2. The molecule has 5 heteroatoms. The molecule has 0 aliphatic rings. The lowest BCUT2D eigenvalue weighted by atomic mass is 10.2. The third kappa shape index (κ3) is 1.57. The van der Waals surface area contributed by atoms with Crippen LogP contribution in [0.4, 0.5) is 0 Å². The molecule has 1 aromatic carbocycles. The standard InChI is InChI=1S/C12H13BrN4/c1-7-3-4-8-10(5-7)17-11(13)9(6-14-2)16-12(17)15-8/h3-5,14H,6H2,1-2H3,(H,15,16). The maximum Gasteiger partial charge on any atom is 0.213 e. The number of rotatable bonds is 2. The monoisotopic (exact) mass is 292 g/mol. The zero-order valence-electron chi connectivity index (χ0n) is 9.71. The second-order valence-corrected chi connectivity index (χ2v) is 4.94. The molecule has 2 N–H and O–H groups in total. The molecule has 0 fully saturated rings. The Labute approximate surface area is 107 Å². The lowest BCUT2D eigenvalue weighted by Crippen LogP contribution is -2.05. The van der Waals surface area contributed by atoms with Gasteiger partial charge in [-0.15, -0.1) is 0 Å². The first-order valence-corrected chi connectivity index (χ1v) is 6.30. The van der Waals surface area contributed by atoms with Crippen molar-refractivity contribution in [2.24, 2.45) is 0 Å². The van der Waals surface area contributed by atoms with Gasteiger partial charge in [0.1, 0.15) is 4.60 Å². The van der Waals surface area contributed by atoms with E-state index >= 15 is 0 Å². The first-order chi connectivity index (χ1) is 8.20. The van der Waals surface area contributed by atoms with Gasteiger partial charge >= 0.3 is 0 Å². The molecule has 0 saturated carbocycles. The average molecular weight is 293 g/mol. The van der Waals surface area contributed by atoms with E-state index in [1.807, 2.05) is 7.05 Å². The minimum absolute atomic E-state index is 0.789. The largest absolute Gasteiger partial charge is 0.325 e. The van der Waals surface area contributed by atoms with E-state index in [0.717, 1.165) is 33.7 Å². The Morgan fingerprint density at radius 2 is 2.29 bits per heavy atom. The van der Waals surface area contributed by atoms with E-state index < -0.39 is 0 Å². The van der Waals surface area contributed by atoms with Crippen LogP contribution in [0.2, 0.25) is 0 Å². The van der Waals surface area contributed by atoms with Crippen molar-refractivity contribution in [3.05, 3.63) is 34.1 Å². The van der Waals surface area contributed by atoms with Crippen molar-refractivity contribution in [2.45, 2.75) is 13.5 Å². The molecule has 2 heterocycles. The molecule has 0 aliphatic heterocycles. The summed E-state index contributed by atoms with van der Waals surface area (Å²) in [6.45, 7) is 2.88. The minimum Gasteiger partial charge on any atom is -0.325 e. The van der Waals surface area contributed by atoms with Gasteiger partial charge in [0.2, 0.25) is 5.78 Å². The van der Waals surface area contributed by atoms with Crippen LogP contribution in [0.5, 0.6) is 0 Å². The highest BCUT2D eigenvalue weighted by molar-refractivity contribution is 9.10. The highest BCUT2D eigenvalue weighted by Crippen LogP contribution is 2.25. The number of aromatic amines is 1. The zero-order chi connectivity index (χ0) is 12.0. The number of halogens is 1. The Morgan fingerprint density at radius 1 is 1.47 bits per heavy atom. The molecule has 0 amide bonds. The Balaban J connectivity index is 2.36. The Kier molecular flexibility index (Phi) is 2.45. The maximum atomic E-state index is 4.57. The summed E-state index contributed by atoms with van der Waals surface area (Å²) in [5.74, 6) is 0.878.